The molecule has 2 aliphatic rings. The second kappa shape index (κ2) is 9.01. The zero-order valence-electron chi connectivity index (χ0n) is 15.1. The van der Waals surface area contributed by atoms with Gasteiger partial charge in [-0.1, -0.05) is 38.7 Å². The highest BCUT2D eigenvalue weighted by Crippen LogP contribution is 2.45. The zero-order valence-corrected chi connectivity index (χ0v) is 17.2. The molecule has 2 saturated carbocycles. The molecule has 0 atom stereocenters. The molecule has 3 rings (SSSR count). The molecule has 1 nitrogen and oxygen atoms in total. The Hall–Kier alpha value is -0.390. The summed E-state index contributed by atoms with van der Waals surface area (Å²) in [5.41, 5.74) is 0.541. The fourth-order valence-corrected chi connectivity index (χ4v) is 5.52. The number of hydrogen-bond donors (Lipinski definition) is 0. The van der Waals surface area contributed by atoms with E-state index in [2.05, 4.69) is 6.92 Å². The summed E-state index contributed by atoms with van der Waals surface area (Å²) >= 11 is 1.59. The van der Waals surface area contributed by atoms with Crippen molar-refractivity contribution in [2.24, 2.45) is 17.8 Å². The topological polar surface area (TPSA) is 9.23 Å². The lowest BCUT2D eigenvalue weighted by atomic mass is 9.68. The molecule has 0 aromatic heterocycles. The van der Waals surface area contributed by atoms with Crippen molar-refractivity contribution in [3.63, 3.8) is 0 Å². The molecule has 0 heterocycles. The molecule has 0 amide bonds. The SMILES string of the molecule is CCCC1CCC(C2CCC(c3ccc(OI)c(F)c3F)CC2)CC1. The Kier molecular flexibility index (Phi) is 6.98. The van der Waals surface area contributed by atoms with Crippen LogP contribution in [0.4, 0.5) is 8.78 Å². The van der Waals surface area contributed by atoms with Gasteiger partial charge in [0, 0.05) is 0 Å². The number of hydrogen-bond acceptors (Lipinski definition) is 1. The van der Waals surface area contributed by atoms with Crippen LogP contribution >= 0.6 is 23.0 Å². The molecule has 0 N–H and O–H groups in total. The molecule has 25 heavy (non-hydrogen) atoms. The van der Waals surface area contributed by atoms with E-state index in [1.165, 1.54) is 51.4 Å². The number of rotatable bonds is 5. The third-order valence-corrected chi connectivity index (χ3v) is 7.10. The molecular formula is C21H29F2IO. The average molecular weight is 462 g/mol. The Labute approximate surface area is 164 Å². The maximum absolute atomic E-state index is 14.3. The number of halogens is 3. The molecule has 0 bridgehead atoms. The van der Waals surface area contributed by atoms with Crippen LogP contribution in [0, 0.1) is 29.4 Å². The molecule has 4 heteroatoms. The summed E-state index contributed by atoms with van der Waals surface area (Å²) in [5.74, 6) is 1.20. The van der Waals surface area contributed by atoms with Crippen LogP contribution < -0.4 is 3.07 Å². The number of benzene rings is 1. The van der Waals surface area contributed by atoms with Gasteiger partial charge < -0.3 is 3.07 Å². The van der Waals surface area contributed by atoms with Crippen LogP contribution in [0.25, 0.3) is 0 Å². The van der Waals surface area contributed by atoms with E-state index in [1.807, 2.05) is 0 Å². The monoisotopic (exact) mass is 462 g/mol. The van der Waals surface area contributed by atoms with E-state index >= 15 is 0 Å². The van der Waals surface area contributed by atoms with Crippen molar-refractivity contribution in [3.05, 3.63) is 29.3 Å². The zero-order chi connectivity index (χ0) is 17.8. The first-order chi connectivity index (χ1) is 12.1. The smallest absolute Gasteiger partial charge is 0.202 e. The van der Waals surface area contributed by atoms with Crippen molar-refractivity contribution in [3.8, 4) is 5.75 Å². The van der Waals surface area contributed by atoms with E-state index in [0.717, 1.165) is 30.6 Å². The fraction of sp³-hybridized carbons (Fsp3) is 0.714. The predicted octanol–water partition coefficient (Wildman–Crippen LogP) is 7.57. The van der Waals surface area contributed by atoms with Gasteiger partial charge in [-0.3, -0.25) is 0 Å². The largest absolute Gasteiger partial charge is 0.424 e. The van der Waals surface area contributed by atoms with Crippen molar-refractivity contribution in [2.75, 3.05) is 0 Å². The minimum absolute atomic E-state index is 0.0145. The normalized spacial score (nSPS) is 30.2. The molecule has 2 fully saturated rings. The van der Waals surface area contributed by atoms with Gasteiger partial charge in [0.25, 0.3) is 0 Å². The Morgan fingerprint density at radius 3 is 2.08 bits per heavy atom. The maximum Gasteiger partial charge on any atom is 0.202 e. The molecule has 1 aromatic rings. The average Bonchev–Trinajstić information content (AvgIpc) is 2.65. The molecule has 0 spiro atoms. The van der Waals surface area contributed by atoms with Crippen LogP contribution in [0.15, 0.2) is 12.1 Å². The Balaban J connectivity index is 1.55. The van der Waals surface area contributed by atoms with Gasteiger partial charge in [-0.05, 0) is 73.8 Å². The van der Waals surface area contributed by atoms with Crippen LogP contribution in [0.1, 0.15) is 82.6 Å². The second-order valence-corrected chi connectivity index (χ2v) is 8.48. The van der Waals surface area contributed by atoms with Gasteiger partial charge in [-0.2, -0.15) is 4.39 Å². The molecule has 2 aliphatic carbocycles. The Morgan fingerprint density at radius 1 is 0.920 bits per heavy atom. The quantitative estimate of drug-likeness (QED) is 0.410. The van der Waals surface area contributed by atoms with E-state index in [1.54, 1.807) is 35.1 Å². The Bertz CT molecular complexity index is 561. The highest BCUT2D eigenvalue weighted by Gasteiger charge is 2.32. The van der Waals surface area contributed by atoms with Crippen LogP contribution in [-0.4, -0.2) is 0 Å². The van der Waals surface area contributed by atoms with Gasteiger partial charge in [-0.25, -0.2) is 4.39 Å². The third kappa shape index (κ3) is 4.48. The van der Waals surface area contributed by atoms with Gasteiger partial charge in [0.1, 0.15) is 0 Å². The summed E-state index contributed by atoms with van der Waals surface area (Å²) in [6, 6.07) is 3.27. The lowest BCUT2D eigenvalue weighted by Gasteiger charge is -2.38. The van der Waals surface area contributed by atoms with Gasteiger partial charge in [0.05, 0.1) is 0 Å². The van der Waals surface area contributed by atoms with E-state index < -0.39 is 11.6 Å². The first-order valence-electron chi connectivity index (χ1n) is 9.90. The summed E-state index contributed by atoms with van der Waals surface area (Å²) in [6.45, 7) is 2.29. The van der Waals surface area contributed by atoms with E-state index in [4.69, 9.17) is 3.07 Å². The van der Waals surface area contributed by atoms with E-state index in [0.29, 0.717) is 5.56 Å². The highest BCUT2D eigenvalue weighted by molar-refractivity contribution is 14.1. The van der Waals surface area contributed by atoms with Crippen molar-refractivity contribution >= 4 is 23.0 Å². The predicted molar refractivity (Wildman–Crippen MR) is 106 cm³/mol. The molecular weight excluding hydrogens is 433 g/mol. The first-order valence-corrected chi connectivity index (χ1v) is 10.8. The van der Waals surface area contributed by atoms with Crippen LogP contribution in [0.5, 0.6) is 5.75 Å². The second-order valence-electron chi connectivity index (χ2n) is 8.04. The van der Waals surface area contributed by atoms with Crippen molar-refractivity contribution in [1.82, 2.24) is 0 Å². The van der Waals surface area contributed by atoms with Crippen LogP contribution in [0.2, 0.25) is 0 Å². The summed E-state index contributed by atoms with van der Waals surface area (Å²) in [7, 11) is 0. The van der Waals surface area contributed by atoms with Gasteiger partial charge in [0.15, 0.2) is 34.6 Å². The summed E-state index contributed by atoms with van der Waals surface area (Å²) in [6.07, 6.45) is 12.6. The standard InChI is InChI=1S/C21H29F2IO/c1-2-3-14-4-6-15(7-5-14)16-8-10-17(11-9-16)18-12-13-19(25-24)21(23)20(18)22/h12-17H,2-11H2,1H3. The summed E-state index contributed by atoms with van der Waals surface area (Å²) < 4.78 is 33.2. The lowest BCUT2D eigenvalue weighted by Crippen LogP contribution is -2.25. The lowest BCUT2D eigenvalue weighted by molar-refractivity contribution is 0.156. The van der Waals surface area contributed by atoms with E-state index in [-0.39, 0.29) is 11.7 Å². The maximum atomic E-state index is 14.3. The van der Waals surface area contributed by atoms with Crippen molar-refractivity contribution in [1.29, 1.82) is 0 Å². The summed E-state index contributed by atoms with van der Waals surface area (Å²) in [5, 5.41) is 0. The molecule has 140 valence electrons. The first kappa shape index (κ1) is 19.4. The van der Waals surface area contributed by atoms with Crippen LogP contribution in [-0.2, 0) is 0 Å². The molecule has 0 aliphatic heterocycles. The summed E-state index contributed by atoms with van der Waals surface area (Å²) in [4.78, 5) is 0. The van der Waals surface area contributed by atoms with Crippen molar-refractivity contribution < 1.29 is 11.8 Å². The van der Waals surface area contributed by atoms with Gasteiger partial charge >= 0.3 is 0 Å². The minimum Gasteiger partial charge on any atom is -0.424 e. The molecule has 0 radical (unpaired) electrons. The third-order valence-electron chi connectivity index (χ3n) is 6.63. The fourth-order valence-electron chi connectivity index (χ4n) is 5.18. The highest BCUT2D eigenvalue weighted by atomic mass is 127. The Morgan fingerprint density at radius 2 is 1.52 bits per heavy atom. The minimum atomic E-state index is -0.844. The molecule has 1 aromatic carbocycles. The van der Waals surface area contributed by atoms with Crippen LogP contribution in [0.3, 0.4) is 0 Å². The molecule has 0 saturated heterocycles. The van der Waals surface area contributed by atoms with Gasteiger partial charge in [-0.15, -0.1) is 0 Å². The van der Waals surface area contributed by atoms with Gasteiger partial charge in [0.2, 0.25) is 5.82 Å². The van der Waals surface area contributed by atoms with E-state index in [9.17, 15) is 8.78 Å². The van der Waals surface area contributed by atoms with Crippen molar-refractivity contribution in [2.45, 2.75) is 77.0 Å². The molecule has 0 unspecified atom stereocenters.